The minimum absolute atomic E-state index is 0.606. The van der Waals surface area contributed by atoms with Gasteiger partial charge in [0.1, 0.15) is 0 Å². The lowest BCUT2D eigenvalue weighted by atomic mass is 10.3. The Labute approximate surface area is 37.9 Å². The normalized spacial score (nSPS) is 8.33. The van der Waals surface area contributed by atoms with Gasteiger partial charge in [0, 0.05) is 5.71 Å². The van der Waals surface area contributed by atoms with Gasteiger partial charge in [-0.1, -0.05) is 0 Å². The zero-order valence-electron chi connectivity index (χ0n) is 3.99. The standard InChI is InChI=1S/C4H10N2/c1-4(6)2-3-5/h6H,2-3,5H2,1H3. The average molecular weight is 86.1 g/mol. The van der Waals surface area contributed by atoms with Crippen LogP contribution in [0.3, 0.4) is 0 Å². The van der Waals surface area contributed by atoms with E-state index in [4.69, 9.17) is 11.1 Å². The number of nitrogens with two attached hydrogens (primary N) is 1. The number of hydrogen-bond acceptors (Lipinski definition) is 2. The molecule has 0 aliphatic carbocycles. The summed E-state index contributed by atoms with van der Waals surface area (Å²) in [5, 5.41) is 6.81. The van der Waals surface area contributed by atoms with E-state index in [1.54, 1.807) is 6.92 Å². The molecule has 0 saturated heterocycles. The van der Waals surface area contributed by atoms with Crippen LogP contribution in [0.4, 0.5) is 0 Å². The van der Waals surface area contributed by atoms with Crippen LogP contribution in [0.25, 0.3) is 0 Å². The third kappa shape index (κ3) is 3.63. The Balaban J connectivity index is 2.83. The molecule has 0 rings (SSSR count). The highest BCUT2D eigenvalue weighted by atomic mass is 14.5. The molecule has 0 unspecified atom stereocenters. The fourth-order valence-corrected chi connectivity index (χ4v) is 0.217. The summed E-state index contributed by atoms with van der Waals surface area (Å²) < 4.78 is 0. The molecule has 0 aromatic heterocycles. The minimum atomic E-state index is 0.606. The summed E-state index contributed by atoms with van der Waals surface area (Å²) in [6.07, 6.45) is 0.736. The SMILES string of the molecule is CC(=N)CCN. The van der Waals surface area contributed by atoms with Crippen LogP contribution in [0.1, 0.15) is 13.3 Å². The Bertz CT molecular complexity index is 49.5. The van der Waals surface area contributed by atoms with E-state index in [9.17, 15) is 0 Å². The second-order valence-corrected chi connectivity index (χ2v) is 1.32. The maximum absolute atomic E-state index is 6.81. The topological polar surface area (TPSA) is 49.9 Å². The van der Waals surface area contributed by atoms with Gasteiger partial charge < -0.3 is 11.1 Å². The van der Waals surface area contributed by atoms with E-state index in [-0.39, 0.29) is 0 Å². The molecule has 0 fully saturated rings. The number of hydrogen-bond donors (Lipinski definition) is 2. The van der Waals surface area contributed by atoms with Crippen LogP contribution in [0, 0.1) is 5.41 Å². The second-order valence-electron chi connectivity index (χ2n) is 1.32. The Morgan fingerprint density at radius 3 is 2.33 bits per heavy atom. The summed E-state index contributed by atoms with van der Waals surface area (Å²) in [7, 11) is 0. The smallest absolute Gasteiger partial charge is 0.00707 e. The van der Waals surface area contributed by atoms with E-state index in [1.807, 2.05) is 0 Å². The molecular formula is C4H10N2. The fraction of sp³-hybridized carbons (Fsp3) is 0.750. The van der Waals surface area contributed by atoms with Crippen molar-refractivity contribution in [2.75, 3.05) is 6.54 Å². The van der Waals surface area contributed by atoms with E-state index in [2.05, 4.69) is 0 Å². The van der Waals surface area contributed by atoms with Crippen molar-refractivity contribution < 1.29 is 0 Å². The third-order valence-corrected chi connectivity index (χ3v) is 0.519. The largest absolute Gasteiger partial charge is 0.330 e. The molecule has 0 aromatic carbocycles. The zero-order valence-corrected chi connectivity index (χ0v) is 3.99. The predicted molar refractivity (Wildman–Crippen MR) is 27.1 cm³/mol. The Morgan fingerprint density at radius 2 is 2.33 bits per heavy atom. The molecular weight excluding hydrogens is 76.1 g/mol. The summed E-state index contributed by atoms with van der Waals surface area (Å²) in [6.45, 7) is 2.36. The minimum Gasteiger partial charge on any atom is -0.330 e. The second kappa shape index (κ2) is 2.85. The summed E-state index contributed by atoms with van der Waals surface area (Å²) in [5.41, 5.74) is 5.75. The van der Waals surface area contributed by atoms with Crippen LogP contribution in [-0.4, -0.2) is 12.3 Å². The monoisotopic (exact) mass is 86.1 g/mol. The van der Waals surface area contributed by atoms with E-state index in [1.165, 1.54) is 0 Å². The first-order valence-corrected chi connectivity index (χ1v) is 2.01. The van der Waals surface area contributed by atoms with Crippen molar-refractivity contribution in [2.24, 2.45) is 5.73 Å². The Kier molecular flexibility index (Phi) is 2.67. The highest BCUT2D eigenvalue weighted by Gasteiger charge is 1.78. The third-order valence-electron chi connectivity index (χ3n) is 0.519. The van der Waals surface area contributed by atoms with Gasteiger partial charge in [0.05, 0.1) is 0 Å². The van der Waals surface area contributed by atoms with E-state index >= 15 is 0 Å². The molecule has 2 heteroatoms. The molecule has 0 heterocycles. The van der Waals surface area contributed by atoms with Crippen molar-refractivity contribution in [1.29, 1.82) is 5.41 Å². The summed E-state index contributed by atoms with van der Waals surface area (Å²) in [6, 6.07) is 0. The Hall–Kier alpha value is -0.370. The maximum Gasteiger partial charge on any atom is 0.00707 e. The van der Waals surface area contributed by atoms with Gasteiger partial charge in [0.15, 0.2) is 0 Å². The molecule has 36 valence electrons. The molecule has 0 amide bonds. The average Bonchev–Trinajstić information content (AvgIpc) is 1.35. The van der Waals surface area contributed by atoms with Crippen molar-refractivity contribution in [1.82, 2.24) is 0 Å². The van der Waals surface area contributed by atoms with Crippen LogP contribution in [0.5, 0.6) is 0 Å². The molecule has 0 radical (unpaired) electrons. The van der Waals surface area contributed by atoms with Crippen molar-refractivity contribution in [3.63, 3.8) is 0 Å². The molecule has 0 spiro atoms. The lowest BCUT2D eigenvalue weighted by molar-refractivity contribution is 1.03. The summed E-state index contributed by atoms with van der Waals surface area (Å²) in [4.78, 5) is 0. The van der Waals surface area contributed by atoms with E-state index in [0.29, 0.717) is 12.3 Å². The molecule has 2 nitrogen and oxygen atoms in total. The zero-order chi connectivity index (χ0) is 4.99. The quantitative estimate of drug-likeness (QED) is 0.469. The van der Waals surface area contributed by atoms with Crippen molar-refractivity contribution in [3.05, 3.63) is 0 Å². The van der Waals surface area contributed by atoms with Gasteiger partial charge in [-0.25, -0.2) is 0 Å². The van der Waals surface area contributed by atoms with Crippen LogP contribution in [-0.2, 0) is 0 Å². The molecule has 0 aromatic rings. The van der Waals surface area contributed by atoms with Gasteiger partial charge in [-0.05, 0) is 19.9 Å². The highest BCUT2D eigenvalue weighted by Crippen LogP contribution is 1.73. The molecule has 0 bridgehead atoms. The molecule has 6 heavy (non-hydrogen) atoms. The van der Waals surface area contributed by atoms with Gasteiger partial charge in [-0.2, -0.15) is 0 Å². The molecule has 3 N–H and O–H groups in total. The van der Waals surface area contributed by atoms with E-state index < -0.39 is 0 Å². The van der Waals surface area contributed by atoms with Gasteiger partial charge >= 0.3 is 0 Å². The van der Waals surface area contributed by atoms with Crippen LogP contribution >= 0.6 is 0 Å². The van der Waals surface area contributed by atoms with Crippen LogP contribution in [0.15, 0.2) is 0 Å². The fourth-order valence-electron chi connectivity index (χ4n) is 0.217. The van der Waals surface area contributed by atoms with Gasteiger partial charge in [-0.3, -0.25) is 0 Å². The first-order chi connectivity index (χ1) is 2.77. The summed E-state index contributed by atoms with van der Waals surface area (Å²) >= 11 is 0. The van der Waals surface area contributed by atoms with E-state index in [0.717, 1.165) is 6.42 Å². The molecule has 0 aliphatic heterocycles. The first kappa shape index (κ1) is 5.63. The number of rotatable bonds is 2. The lowest BCUT2D eigenvalue weighted by Gasteiger charge is -1.85. The molecule has 0 aliphatic rings. The van der Waals surface area contributed by atoms with Crippen LogP contribution < -0.4 is 5.73 Å². The predicted octanol–water partition coefficient (Wildman–Crippen LogP) is 0.375. The van der Waals surface area contributed by atoms with Crippen molar-refractivity contribution in [3.8, 4) is 0 Å². The lowest BCUT2D eigenvalue weighted by Crippen LogP contribution is -2.02. The first-order valence-electron chi connectivity index (χ1n) is 2.01. The van der Waals surface area contributed by atoms with Gasteiger partial charge in [0.2, 0.25) is 0 Å². The van der Waals surface area contributed by atoms with Crippen molar-refractivity contribution >= 4 is 5.71 Å². The van der Waals surface area contributed by atoms with Crippen molar-refractivity contribution in [2.45, 2.75) is 13.3 Å². The van der Waals surface area contributed by atoms with Crippen LogP contribution in [0.2, 0.25) is 0 Å². The molecule has 0 saturated carbocycles. The molecule has 0 atom stereocenters. The Morgan fingerprint density at radius 1 is 1.83 bits per heavy atom. The summed E-state index contributed by atoms with van der Waals surface area (Å²) in [5.74, 6) is 0. The highest BCUT2D eigenvalue weighted by molar-refractivity contribution is 5.78. The number of nitrogens with one attached hydrogen (secondary N) is 1. The maximum atomic E-state index is 6.81. The van der Waals surface area contributed by atoms with Gasteiger partial charge in [0.25, 0.3) is 0 Å². The van der Waals surface area contributed by atoms with Gasteiger partial charge in [-0.15, -0.1) is 0 Å².